The Morgan fingerprint density at radius 3 is 2.60 bits per heavy atom. The molecule has 25 heavy (non-hydrogen) atoms. The van der Waals surface area contributed by atoms with E-state index in [0.717, 1.165) is 23.7 Å². The lowest BCUT2D eigenvalue weighted by molar-refractivity contribution is 0.153. The van der Waals surface area contributed by atoms with Crippen molar-refractivity contribution in [1.82, 2.24) is 9.80 Å². The molecule has 1 atom stereocenters. The Kier molecular flexibility index (Phi) is 4.91. The fourth-order valence-corrected chi connectivity index (χ4v) is 4.35. The number of fused-ring (bicyclic) bond motifs is 1. The molecular formula is C21H22Cl2N2. The topological polar surface area (TPSA) is 6.48 Å². The maximum Gasteiger partial charge on any atom is 0.101 e. The van der Waals surface area contributed by atoms with Crippen molar-refractivity contribution >= 4 is 28.9 Å². The second kappa shape index (κ2) is 7.31. The zero-order valence-electron chi connectivity index (χ0n) is 14.2. The van der Waals surface area contributed by atoms with Gasteiger partial charge < -0.3 is 9.80 Å². The fraction of sp³-hybridized carbons (Fsp3) is 0.333. The highest BCUT2D eigenvalue weighted by Gasteiger charge is 2.33. The molecule has 2 aliphatic heterocycles. The van der Waals surface area contributed by atoms with Crippen molar-refractivity contribution in [2.75, 3.05) is 6.54 Å². The van der Waals surface area contributed by atoms with E-state index >= 15 is 0 Å². The van der Waals surface area contributed by atoms with Gasteiger partial charge in [-0.25, -0.2) is 0 Å². The van der Waals surface area contributed by atoms with E-state index in [0.29, 0.717) is 11.2 Å². The molecule has 2 aliphatic rings. The lowest BCUT2D eigenvalue weighted by Gasteiger charge is -2.33. The first kappa shape index (κ1) is 16.8. The van der Waals surface area contributed by atoms with Crippen LogP contribution in [0.25, 0.3) is 5.70 Å². The second-order valence-electron chi connectivity index (χ2n) is 6.81. The first-order valence-corrected chi connectivity index (χ1v) is 9.71. The van der Waals surface area contributed by atoms with Gasteiger partial charge in [0.1, 0.15) is 6.17 Å². The summed E-state index contributed by atoms with van der Waals surface area (Å²) in [4.78, 5) is 5.02. The van der Waals surface area contributed by atoms with Crippen LogP contribution in [0.3, 0.4) is 0 Å². The number of nitrogens with zero attached hydrogens (tertiary/aromatic N) is 2. The van der Waals surface area contributed by atoms with Crippen LogP contribution in [0.15, 0.2) is 54.7 Å². The standard InChI is InChI=1S/C21H22Cl2N2/c22-18-11-10-17(19(23)13-18)14-24-15-20(16-7-3-1-4-8-16)25-12-6-2-5-9-21(24)25/h1,3-4,7-8,10-11,13,15,21H,2,5-6,9,12,14H2. The van der Waals surface area contributed by atoms with Gasteiger partial charge in [0, 0.05) is 29.3 Å². The van der Waals surface area contributed by atoms with Crippen molar-refractivity contribution in [2.24, 2.45) is 0 Å². The van der Waals surface area contributed by atoms with Crippen molar-refractivity contribution in [3.63, 3.8) is 0 Å². The molecule has 0 aromatic heterocycles. The van der Waals surface area contributed by atoms with Crippen LogP contribution in [0.4, 0.5) is 0 Å². The Balaban J connectivity index is 1.66. The quantitative estimate of drug-likeness (QED) is 0.650. The van der Waals surface area contributed by atoms with Crippen LogP contribution in [-0.4, -0.2) is 22.5 Å². The molecule has 1 unspecified atom stereocenters. The zero-order valence-corrected chi connectivity index (χ0v) is 15.7. The van der Waals surface area contributed by atoms with E-state index in [-0.39, 0.29) is 0 Å². The number of benzene rings is 2. The van der Waals surface area contributed by atoms with Crippen molar-refractivity contribution in [1.29, 1.82) is 0 Å². The summed E-state index contributed by atoms with van der Waals surface area (Å²) in [5.74, 6) is 0. The smallest absolute Gasteiger partial charge is 0.101 e. The van der Waals surface area contributed by atoms with Gasteiger partial charge >= 0.3 is 0 Å². The van der Waals surface area contributed by atoms with Crippen LogP contribution in [0, 0.1) is 0 Å². The maximum absolute atomic E-state index is 6.42. The summed E-state index contributed by atoms with van der Waals surface area (Å²) >= 11 is 12.5. The van der Waals surface area contributed by atoms with Crippen LogP contribution in [0.2, 0.25) is 10.0 Å². The summed E-state index contributed by atoms with van der Waals surface area (Å²) in [5.41, 5.74) is 3.75. The third-order valence-corrected chi connectivity index (χ3v) is 5.73. The molecule has 2 heterocycles. The zero-order chi connectivity index (χ0) is 17.2. The van der Waals surface area contributed by atoms with E-state index in [1.54, 1.807) is 0 Å². The van der Waals surface area contributed by atoms with Crippen LogP contribution in [0.5, 0.6) is 0 Å². The minimum absolute atomic E-state index is 0.421. The van der Waals surface area contributed by atoms with Crippen LogP contribution in [0.1, 0.15) is 36.8 Å². The summed E-state index contributed by atoms with van der Waals surface area (Å²) in [7, 11) is 0. The number of hydrogen-bond donors (Lipinski definition) is 0. The molecule has 1 fully saturated rings. The Morgan fingerprint density at radius 2 is 1.80 bits per heavy atom. The molecule has 0 saturated carbocycles. The largest absolute Gasteiger partial charge is 0.351 e. The lowest BCUT2D eigenvalue weighted by Crippen LogP contribution is -2.38. The van der Waals surface area contributed by atoms with E-state index in [9.17, 15) is 0 Å². The van der Waals surface area contributed by atoms with Crippen molar-refractivity contribution in [2.45, 2.75) is 38.4 Å². The van der Waals surface area contributed by atoms with Crippen LogP contribution >= 0.6 is 23.2 Å². The van der Waals surface area contributed by atoms with Crippen molar-refractivity contribution in [3.05, 3.63) is 75.9 Å². The van der Waals surface area contributed by atoms with E-state index in [4.69, 9.17) is 23.2 Å². The molecule has 0 aliphatic carbocycles. The molecule has 2 nitrogen and oxygen atoms in total. The average molecular weight is 373 g/mol. The summed E-state index contributed by atoms with van der Waals surface area (Å²) < 4.78 is 0. The van der Waals surface area contributed by atoms with E-state index in [1.807, 2.05) is 18.2 Å². The van der Waals surface area contributed by atoms with E-state index in [1.165, 1.54) is 36.9 Å². The van der Waals surface area contributed by atoms with E-state index < -0.39 is 0 Å². The molecule has 1 saturated heterocycles. The molecule has 0 N–H and O–H groups in total. The monoisotopic (exact) mass is 372 g/mol. The Morgan fingerprint density at radius 1 is 0.960 bits per heavy atom. The Labute approximate surface area is 159 Å². The molecule has 4 rings (SSSR count). The molecule has 4 heteroatoms. The molecule has 0 spiro atoms. The van der Waals surface area contributed by atoms with Crippen molar-refractivity contribution in [3.8, 4) is 0 Å². The maximum atomic E-state index is 6.42. The van der Waals surface area contributed by atoms with Crippen molar-refractivity contribution < 1.29 is 0 Å². The first-order chi connectivity index (χ1) is 12.2. The predicted octanol–water partition coefficient (Wildman–Crippen LogP) is 6.01. The molecule has 0 amide bonds. The summed E-state index contributed by atoms with van der Waals surface area (Å²) in [5, 5.41) is 1.43. The van der Waals surface area contributed by atoms with Gasteiger partial charge in [-0.15, -0.1) is 0 Å². The highest BCUT2D eigenvalue weighted by Crippen LogP contribution is 2.36. The highest BCUT2D eigenvalue weighted by molar-refractivity contribution is 6.35. The van der Waals surface area contributed by atoms with Gasteiger partial charge in [0.15, 0.2) is 0 Å². The predicted molar refractivity (Wildman–Crippen MR) is 105 cm³/mol. The number of rotatable bonds is 3. The van der Waals surface area contributed by atoms with Gasteiger partial charge in [-0.2, -0.15) is 0 Å². The van der Waals surface area contributed by atoms with Gasteiger partial charge in [0.05, 0.1) is 5.70 Å². The molecule has 2 aromatic rings. The summed E-state index contributed by atoms with van der Waals surface area (Å²) in [6.07, 6.45) is 7.78. The molecule has 0 bridgehead atoms. The van der Waals surface area contributed by atoms with Gasteiger partial charge in [-0.3, -0.25) is 0 Å². The third kappa shape index (κ3) is 3.51. The SMILES string of the molecule is Clc1ccc(CN2C=C(c3ccccc3)N3CCCCCC23)c(Cl)c1. The molecular weight excluding hydrogens is 351 g/mol. The minimum Gasteiger partial charge on any atom is -0.351 e. The highest BCUT2D eigenvalue weighted by atomic mass is 35.5. The molecule has 2 aromatic carbocycles. The second-order valence-corrected chi connectivity index (χ2v) is 7.66. The van der Waals surface area contributed by atoms with Crippen LogP contribution in [-0.2, 0) is 6.54 Å². The third-order valence-electron chi connectivity index (χ3n) is 5.14. The van der Waals surface area contributed by atoms with Gasteiger partial charge in [-0.1, -0.05) is 66.0 Å². The average Bonchev–Trinajstić information content (AvgIpc) is 2.79. The van der Waals surface area contributed by atoms with Gasteiger partial charge in [-0.05, 0) is 42.5 Å². The van der Waals surface area contributed by atoms with Gasteiger partial charge in [0.2, 0.25) is 0 Å². The lowest BCUT2D eigenvalue weighted by atomic mass is 10.1. The fourth-order valence-electron chi connectivity index (χ4n) is 3.88. The Bertz CT molecular complexity index is 773. The Hall–Kier alpha value is -1.64. The molecule has 130 valence electrons. The van der Waals surface area contributed by atoms with Gasteiger partial charge in [0.25, 0.3) is 0 Å². The first-order valence-electron chi connectivity index (χ1n) is 8.96. The minimum atomic E-state index is 0.421. The molecule has 0 radical (unpaired) electrons. The number of hydrogen-bond acceptors (Lipinski definition) is 2. The summed E-state index contributed by atoms with van der Waals surface area (Å²) in [6.45, 7) is 1.93. The van der Waals surface area contributed by atoms with E-state index in [2.05, 4.69) is 46.3 Å². The number of halogens is 2. The van der Waals surface area contributed by atoms with Crippen LogP contribution < -0.4 is 0 Å². The summed E-state index contributed by atoms with van der Waals surface area (Å²) in [6, 6.07) is 16.5. The normalized spacial score (nSPS) is 20.2.